The highest BCUT2D eigenvalue weighted by molar-refractivity contribution is 5.94. The largest absolute Gasteiger partial charge is 0.494 e. The van der Waals surface area contributed by atoms with Gasteiger partial charge in [-0.1, -0.05) is 6.07 Å². The van der Waals surface area contributed by atoms with Gasteiger partial charge in [-0.15, -0.1) is 0 Å². The van der Waals surface area contributed by atoms with Gasteiger partial charge in [0.1, 0.15) is 11.5 Å². The summed E-state index contributed by atoms with van der Waals surface area (Å²) in [4.78, 5) is 8.47. The van der Waals surface area contributed by atoms with Crippen LogP contribution in [-0.2, 0) is 6.54 Å². The first kappa shape index (κ1) is 18.4. The molecule has 0 spiro atoms. The van der Waals surface area contributed by atoms with E-state index in [0.29, 0.717) is 37.1 Å². The van der Waals surface area contributed by atoms with Crippen LogP contribution in [0.4, 0.5) is 5.69 Å². The van der Waals surface area contributed by atoms with Gasteiger partial charge < -0.3 is 25.3 Å². The first-order chi connectivity index (χ1) is 12.2. The molecular weight excluding hydrogens is 320 g/mol. The van der Waals surface area contributed by atoms with Gasteiger partial charge in [-0.25, -0.2) is 9.98 Å². The van der Waals surface area contributed by atoms with Crippen molar-refractivity contribution in [2.45, 2.75) is 20.4 Å². The van der Waals surface area contributed by atoms with E-state index in [1.165, 1.54) is 0 Å². The summed E-state index contributed by atoms with van der Waals surface area (Å²) in [5, 5.41) is 3.06. The Morgan fingerprint density at radius 3 is 2.60 bits per heavy atom. The second-order valence-electron chi connectivity index (χ2n) is 5.06. The zero-order valence-electron chi connectivity index (χ0n) is 14.8. The molecule has 0 aliphatic heterocycles. The van der Waals surface area contributed by atoms with Gasteiger partial charge >= 0.3 is 0 Å². The lowest BCUT2D eigenvalue weighted by atomic mass is 10.2. The standard InChI is InChI=1S/C18H24N4O3/c1-4-24-14-7-8-16(25-5-2)15(10-14)22-18(19)21-12-13-6-9-17(23-3)20-11-13/h6-11H,4-5,12H2,1-3H3,(H3,19,21,22). The average molecular weight is 344 g/mol. The van der Waals surface area contributed by atoms with E-state index in [1.54, 1.807) is 19.4 Å². The maximum absolute atomic E-state index is 6.00. The van der Waals surface area contributed by atoms with Crippen molar-refractivity contribution in [1.82, 2.24) is 4.98 Å². The Morgan fingerprint density at radius 1 is 1.16 bits per heavy atom. The summed E-state index contributed by atoms with van der Waals surface area (Å²) in [5.74, 6) is 2.27. The molecule has 0 unspecified atom stereocenters. The molecule has 0 atom stereocenters. The number of aliphatic imine (C=N–C) groups is 1. The molecular formula is C18H24N4O3. The lowest BCUT2D eigenvalue weighted by Crippen LogP contribution is -2.23. The molecule has 0 fully saturated rings. The number of aromatic nitrogens is 1. The monoisotopic (exact) mass is 344 g/mol. The number of methoxy groups -OCH3 is 1. The molecule has 7 nitrogen and oxygen atoms in total. The van der Waals surface area contributed by atoms with Crippen LogP contribution in [-0.4, -0.2) is 31.3 Å². The third kappa shape index (κ3) is 5.56. The molecule has 1 aromatic carbocycles. The van der Waals surface area contributed by atoms with Crippen molar-refractivity contribution in [2.75, 3.05) is 25.6 Å². The van der Waals surface area contributed by atoms with E-state index in [-0.39, 0.29) is 5.96 Å². The van der Waals surface area contributed by atoms with E-state index in [4.69, 9.17) is 19.9 Å². The van der Waals surface area contributed by atoms with Crippen LogP contribution >= 0.6 is 0 Å². The summed E-state index contributed by atoms with van der Waals surface area (Å²) < 4.78 is 16.2. The number of guanidine groups is 1. The molecule has 0 saturated carbocycles. The summed E-state index contributed by atoms with van der Waals surface area (Å²) in [7, 11) is 1.58. The van der Waals surface area contributed by atoms with Crippen LogP contribution in [0.5, 0.6) is 17.4 Å². The van der Waals surface area contributed by atoms with E-state index in [2.05, 4.69) is 15.3 Å². The molecule has 25 heavy (non-hydrogen) atoms. The number of ether oxygens (including phenoxy) is 3. The molecule has 0 radical (unpaired) electrons. The van der Waals surface area contributed by atoms with Crippen LogP contribution in [0, 0.1) is 0 Å². The fraction of sp³-hybridized carbons (Fsp3) is 0.333. The molecule has 3 N–H and O–H groups in total. The number of rotatable bonds is 8. The fourth-order valence-electron chi connectivity index (χ4n) is 2.12. The molecule has 0 bridgehead atoms. The number of nitrogens with two attached hydrogens (primary N) is 1. The molecule has 0 saturated heterocycles. The molecule has 0 aliphatic carbocycles. The SMILES string of the molecule is CCOc1ccc(OCC)c(NC(N)=NCc2ccc(OC)nc2)c1. The van der Waals surface area contributed by atoms with Crippen molar-refractivity contribution in [3.8, 4) is 17.4 Å². The molecule has 7 heteroatoms. The molecule has 0 aliphatic rings. The number of benzene rings is 1. The second kappa shape index (κ2) is 9.36. The number of nitrogens with one attached hydrogen (secondary N) is 1. The predicted octanol–water partition coefficient (Wildman–Crippen LogP) is 2.81. The highest BCUT2D eigenvalue weighted by Gasteiger charge is 2.07. The molecule has 1 aromatic heterocycles. The minimum atomic E-state index is 0.283. The zero-order valence-corrected chi connectivity index (χ0v) is 14.8. The van der Waals surface area contributed by atoms with E-state index < -0.39 is 0 Å². The van der Waals surface area contributed by atoms with Gasteiger partial charge in [-0.05, 0) is 31.5 Å². The normalized spacial score (nSPS) is 11.1. The minimum Gasteiger partial charge on any atom is -0.494 e. The van der Waals surface area contributed by atoms with Gasteiger partial charge in [-0.2, -0.15) is 0 Å². The lowest BCUT2D eigenvalue weighted by molar-refractivity contribution is 0.332. The number of hydrogen-bond donors (Lipinski definition) is 2. The van der Waals surface area contributed by atoms with E-state index in [9.17, 15) is 0 Å². The Morgan fingerprint density at radius 2 is 1.96 bits per heavy atom. The highest BCUT2D eigenvalue weighted by Crippen LogP contribution is 2.29. The molecule has 2 aromatic rings. The van der Waals surface area contributed by atoms with Crippen LogP contribution in [0.25, 0.3) is 0 Å². The number of anilines is 1. The third-order valence-corrected chi connectivity index (χ3v) is 3.26. The summed E-state index contributed by atoms with van der Waals surface area (Å²) in [6, 6.07) is 9.22. The van der Waals surface area contributed by atoms with E-state index in [0.717, 1.165) is 11.3 Å². The topological polar surface area (TPSA) is 91.0 Å². The molecule has 0 amide bonds. The van der Waals surface area contributed by atoms with E-state index in [1.807, 2.05) is 38.1 Å². The number of pyridine rings is 1. The predicted molar refractivity (Wildman–Crippen MR) is 98.5 cm³/mol. The Kier molecular flexibility index (Phi) is 6.88. The molecule has 2 rings (SSSR count). The van der Waals surface area contributed by atoms with Gasteiger partial charge in [0.25, 0.3) is 0 Å². The Balaban J connectivity index is 2.08. The van der Waals surface area contributed by atoms with Crippen LogP contribution in [0.3, 0.4) is 0 Å². The zero-order chi connectivity index (χ0) is 18.1. The molecule has 1 heterocycles. The van der Waals surface area contributed by atoms with Crippen LogP contribution in [0.15, 0.2) is 41.5 Å². The van der Waals surface area contributed by atoms with Crippen molar-refractivity contribution in [2.24, 2.45) is 10.7 Å². The second-order valence-corrected chi connectivity index (χ2v) is 5.06. The van der Waals surface area contributed by atoms with Gasteiger partial charge in [-0.3, -0.25) is 0 Å². The smallest absolute Gasteiger partial charge is 0.212 e. The van der Waals surface area contributed by atoms with Gasteiger partial charge in [0.15, 0.2) is 5.96 Å². The maximum Gasteiger partial charge on any atom is 0.212 e. The van der Waals surface area contributed by atoms with Crippen molar-refractivity contribution in [3.63, 3.8) is 0 Å². The number of hydrogen-bond acceptors (Lipinski definition) is 5. The summed E-state index contributed by atoms with van der Waals surface area (Å²) in [5.41, 5.74) is 7.64. The molecule has 134 valence electrons. The number of nitrogens with zero attached hydrogens (tertiary/aromatic N) is 2. The van der Waals surface area contributed by atoms with E-state index >= 15 is 0 Å². The first-order valence-corrected chi connectivity index (χ1v) is 8.11. The Bertz CT molecular complexity index is 702. The van der Waals surface area contributed by atoms with Gasteiger partial charge in [0.2, 0.25) is 5.88 Å². The minimum absolute atomic E-state index is 0.283. The summed E-state index contributed by atoms with van der Waals surface area (Å²) in [6.07, 6.45) is 1.71. The van der Waals surface area contributed by atoms with Crippen LogP contribution < -0.4 is 25.3 Å². The summed E-state index contributed by atoms with van der Waals surface area (Å²) >= 11 is 0. The Hall–Kier alpha value is -2.96. The fourth-order valence-corrected chi connectivity index (χ4v) is 2.12. The average Bonchev–Trinajstić information content (AvgIpc) is 2.63. The van der Waals surface area contributed by atoms with Crippen LogP contribution in [0.2, 0.25) is 0 Å². The quantitative estimate of drug-likeness (QED) is 0.565. The lowest BCUT2D eigenvalue weighted by Gasteiger charge is -2.14. The van der Waals surface area contributed by atoms with Crippen LogP contribution in [0.1, 0.15) is 19.4 Å². The summed E-state index contributed by atoms with van der Waals surface area (Å²) in [6.45, 7) is 5.40. The van der Waals surface area contributed by atoms with Crippen molar-refractivity contribution < 1.29 is 14.2 Å². The van der Waals surface area contributed by atoms with Crippen molar-refractivity contribution >= 4 is 11.6 Å². The van der Waals surface area contributed by atoms with Crippen molar-refractivity contribution in [3.05, 3.63) is 42.1 Å². The first-order valence-electron chi connectivity index (χ1n) is 8.11. The Labute approximate surface area is 147 Å². The van der Waals surface area contributed by atoms with Gasteiger partial charge in [0, 0.05) is 18.3 Å². The highest BCUT2D eigenvalue weighted by atomic mass is 16.5. The van der Waals surface area contributed by atoms with Gasteiger partial charge in [0.05, 0.1) is 32.6 Å². The maximum atomic E-state index is 6.00. The third-order valence-electron chi connectivity index (χ3n) is 3.26. The van der Waals surface area contributed by atoms with Crippen molar-refractivity contribution in [1.29, 1.82) is 0 Å².